The molecule has 0 aliphatic rings. The molecule has 0 radical (unpaired) electrons. The Bertz CT molecular complexity index is 529. The van der Waals surface area contributed by atoms with Crippen molar-refractivity contribution in [2.24, 2.45) is 11.7 Å². The fourth-order valence-corrected chi connectivity index (χ4v) is 1.43. The minimum absolute atomic E-state index is 0.0407. The molecule has 0 aliphatic carbocycles. The van der Waals surface area contributed by atoms with E-state index in [1.54, 1.807) is 0 Å². The van der Waals surface area contributed by atoms with E-state index < -0.39 is 29.5 Å². The molecule has 110 valence electrons. The van der Waals surface area contributed by atoms with Crippen LogP contribution in [0.15, 0.2) is 18.2 Å². The van der Waals surface area contributed by atoms with Crippen LogP contribution in [0.3, 0.4) is 0 Å². The van der Waals surface area contributed by atoms with Crippen molar-refractivity contribution >= 4 is 17.6 Å². The van der Waals surface area contributed by atoms with Crippen LogP contribution in [0, 0.1) is 5.92 Å². The van der Waals surface area contributed by atoms with Crippen LogP contribution in [-0.2, 0) is 11.0 Å². The molecule has 0 saturated carbocycles. The molecule has 0 spiro atoms. The van der Waals surface area contributed by atoms with Crippen LogP contribution >= 0.6 is 0 Å². The summed E-state index contributed by atoms with van der Waals surface area (Å²) in [6, 6.07) is 2.48. The van der Waals surface area contributed by atoms with Gasteiger partial charge in [0, 0.05) is 12.2 Å². The Morgan fingerprint density at radius 3 is 2.45 bits per heavy atom. The molecule has 1 amide bonds. The molecule has 1 atom stereocenters. The molecule has 0 fully saturated rings. The quantitative estimate of drug-likeness (QED) is 0.772. The Kier molecular flexibility index (Phi) is 4.59. The number of aliphatic carboxylic acids is 1. The smallest absolute Gasteiger partial charge is 0.416 e. The molecule has 0 aliphatic heterocycles. The van der Waals surface area contributed by atoms with Crippen molar-refractivity contribution in [3.63, 3.8) is 0 Å². The molecular weight excluding hydrogens is 277 g/mol. The van der Waals surface area contributed by atoms with Gasteiger partial charge in [-0.15, -0.1) is 0 Å². The number of nitrogens with one attached hydrogen (secondary N) is 1. The SMILES string of the molecule is CC(CNc1ccc(C(F)(F)F)cc1C(N)=O)C(=O)O. The third-order valence-electron chi connectivity index (χ3n) is 2.63. The van der Waals surface area contributed by atoms with E-state index in [9.17, 15) is 22.8 Å². The third kappa shape index (κ3) is 3.87. The number of halogens is 3. The normalized spacial score (nSPS) is 12.8. The third-order valence-corrected chi connectivity index (χ3v) is 2.63. The van der Waals surface area contributed by atoms with E-state index in [1.807, 2.05) is 0 Å². The number of nitrogens with two attached hydrogens (primary N) is 1. The van der Waals surface area contributed by atoms with Crippen molar-refractivity contribution in [2.75, 3.05) is 11.9 Å². The number of carbonyl (C=O) groups is 2. The second-order valence-corrected chi connectivity index (χ2v) is 4.24. The van der Waals surface area contributed by atoms with Gasteiger partial charge in [-0.25, -0.2) is 0 Å². The van der Waals surface area contributed by atoms with Gasteiger partial charge in [0.25, 0.3) is 5.91 Å². The summed E-state index contributed by atoms with van der Waals surface area (Å²) in [6.07, 6.45) is -4.59. The molecule has 5 nitrogen and oxygen atoms in total. The van der Waals surface area contributed by atoms with Gasteiger partial charge in [-0.1, -0.05) is 6.92 Å². The lowest BCUT2D eigenvalue weighted by Crippen LogP contribution is -2.22. The lowest BCUT2D eigenvalue weighted by Gasteiger charge is -2.14. The topological polar surface area (TPSA) is 92.4 Å². The largest absolute Gasteiger partial charge is 0.481 e. The predicted molar refractivity (Wildman–Crippen MR) is 65.3 cm³/mol. The minimum atomic E-state index is -4.59. The highest BCUT2D eigenvalue weighted by atomic mass is 19.4. The first-order chi connectivity index (χ1) is 9.12. The van der Waals surface area contributed by atoms with Crippen LogP contribution in [0.4, 0.5) is 18.9 Å². The Balaban J connectivity index is 3.02. The zero-order valence-electron chi connectivity index (χ0n) is 10.5. The highest BCUT2D eigenvalue weighted by Crippen LogP contribution is 2.31. The fourth-order valence-electron chi connectivity index (χ4n) is 1.43. The van der Waals surface area contributed by atoms with E-state index in [4.69, 9.17) is 10.8 Å². The molecule has 0 saturated heterocycles. The zero-order chi connectivity index (χ0) is 15.5. The average Bonchev–Trinajstić information content (AvgIpc) is 2.34. The molecule has 1 unspecified atom stereocenters. The highest BCUT2D eigenvalue weighted by Gasteiger charge is 2.31. The summed E-state index contributed by atoms with van der Waals surface area (Å²) in [5.74, 6) is -2.86. The van der Waals surface area contributed by atoms with Gasteiger partial charge >= 0.3 is 12.1 Å². The summed E-state index contributed by atoms with van der Waals surface area (Å²) >= 11 is 0. The number of primary amides is 1. The Labute approximate surface area is 112 Å². The fraction of sp³-hybridized carbons (Fsp3) is 0.333. The van der Waals surface area contributed by atoms with E-state index in [-0.39, 0.29) is 17.8 Å². The molecule has 1 aromatic carbocycles. The summed E-state index contributed by atoms with van der Waals surface area (Å²) in [4.78, 5) is 21.8. The van der Waals surface area contributed by atoms with Gasteiger partial charge in [0.05, 0.1) is 17.0 Å². The molecule has 8 heteroatoms. The lowest BCUT2D eigenvalue weighted by molar-refractivity contribution is -0.140. The molecule has 20 heavy (non-hydrogen) atoms. The number of rotatable bonds is 5. The van der Waals surface area contributed by atoms with Gasteiger partial charge in [-0.3, -0.25) is 9.59 Å². The number of alkyl halides is 3. The Morgan fingerprint density at radius 2 is 2.00 bits per heavy atom. The van der Waals surface area contributed by atoms with Crippen molar-refractivity contribution in [1.29, 1.82) is 0 Å². The van der Waals surface area contributed by atoms with Gasteiger partial charge < -0.3 is 16.2 Å². The number of benzene rings is 1. The lowest BCUT2D eigenvalue weighted by atomic mass is 10.1. The summed E-state index contributed by atoms with van der Waals surface area (Å²) in [7, 11) is 0. The van der Waals surface area contributed by atoms with Gasteiger partial charge in [-0.05, 0) is 18.2 Å². The molecule has 0 bridgehead atoms. The maximum atomic E-state index is 12.5. The number of carbonyl (C=O) groups excluding carboxylic acids is 1. The van der Waals surface area contributed by atoms with Gasteiger partial charge in [0.2, 0.25) is 0 Å². The number of anilines is 1. The molecule has 0 aromatic heterocycles. The summed E-state index contributed by atoms with van der Waals surface area (Å²) in [5, 5.41) is 11.3. The molecule has 1 aromatic rings. The summed E-state index contributed by atoms with van der Waals surface area (Å²) in [5.41, 5.74) is 3.77. The van der Waals surface area contributed by atoms with Crippen LogP contribution in [0.1, 0.15) is 22.8 Å². The van der Waals surface area contributed by atoms with Crippen molar-refractivity contribution in [1.82, 2.24) is 0 Å². The van der Waals surface area contributed by atoms with E-state index in [1.165, 1.54) is 6.92 Å². The molecule has 0 heterocycles. The Morgan fingerprint density at radius 1 is 1.40 bits per heavy atom. The number of hydrogen-bond donors (Lipinski definition) is 3. The molecule has 4 N–H and O–H groups in total. The van der Waals surface area contributed by atoms with Crippen LogP contribution in [0.25, 0.3) is 0 Å². The van der Waals surface area contributed by atoms with Crippen molar-refractivity contribution in [3.8, 4) is 0 Å². The second-order valence-electron chi connectivity index (χ2n) is 4.24. The first-order valence-corrected chi connectivity index (χ1v) is 5.60. The van der Waals surface area contributed by atoms with Gasteiger partial charge in [0.15, 0.2) is 0 Å². The standard InChI is InChI=1S/C12H13F3N2O3/c1-6(11(19)20)5-17-9-3-2-7(12(13,14)15)4-8(9)10(16)18/h2-4,6,17H,5H2,1H3,(H2,16,18)(H,19,20). The second kappa shape index (κ2) is 5.81. The summed E-state index contributed by atoms with van der Waals surface area (Å²) < 4.78 is 37.6. The number of hydrogen-bond acceptors (Lipinski definition) is 3. The van der Waals surface area contributed by atoms with E-state index in [0.29, 0.717) is 6.07 Å². The van der Waals surface area contributed by atoms with Crippen molar-refractivity contribution in [2.45, 2.75) is 13.1 Å². The van der Waals surface area contributed by atoms with E-state index in [0.717, 1.165) is 12.1 Å². The summed E-state index contributed by atoms with van der Waals surface area (Å²) in [6.45, 7) is 1.38. The number of carboxylic acids is 1. The Hall–Kier alpha value is -2.25. The zero-order valence-corrected chi connectivity index (χ0v) is 10.5. The van der Waals surface area contributed by atoms with Gasteiger partial charge in [-0.2, -0.15) is 13.2 Å². The van der Waals surface area contributed by atoms with Crippen molar-refractivity contribution in [3.05, 3.63) is 29.3 Å². The number of amides is 1. The maximum absolute atomic E-state index is 12.5. The van der Waals surface area contributed by atoms with Crippen LogP contribution < -0.4 is 11.1 Å². The van der Waals surface area contributed by atoms with E-state index >= 15 is 0 Å². The molecule has 1 rings (SSSR count). The average molecular weight is 290 g/mol. The predicted octanol–water partition coefficient (Wildman–Crippen LogP) is 1.94. The van der Waals surface area contributed by atoms with Crippen LogP contribution in [0.5, 0.6) is 0 Å². The minimum Gasteiger partial charge on any atom is -0.481 e. The van der Waals surface area contributed by atoms with Crippen LogP contribution in [0.2, 0.25) is 0 Å². The van der Waals surface area contributed by atoms with E-state index in [2.05, 4.69) is 5.32 Å². The molecular formula is C12H13F3N2O3. The first-order valence-electron chi connectivity index (χ1n) is 5.60. The monoisotopic (exact) mass is 290 g/mol. The first kappa shape index (κ1) is 15.8. The van der Waals surface area contributed by atoms with Crippen molar-refractivity contribution < 1.29 is 27.9 Å². The maximum Gasteiger partial charge on any atom is 0.416 e. The van der Waals surface area contributed by atoms with Gasteiger partial charge in [0.1, 0.15) is 0 Å². The van der Waals surface area contributed by atoms with Crippen LogP contribution in [-0.4, -0.2) is 23.5 Å². The highest BCUT2D eigenvalue weighted by molar-refractivity contribution is 5.98. The number of carboxylic acid groups (broad SMARTS) is 1.